The van der Waals surface area contributed by atoms with E-state index in [1.54, 1.807) is 4.90 Å². The number of aliphatic hydroxyl groups is 2. The van der Waals surface area contributed by atoms with Crippen LogP contribution in [0.1, 0.15) is 38.8 Å². The van der Waals surface area contributed by atoms with Crippen LogP contribution >= 0.6 is 0 Å². The predicted octanol–water partition coefficient (Wildman–Crippen LogP) is 1.98. The van der Waals surface area contributed by atoms with Crippen LogP contribution in [-0.2, 0) is 17.7 Å². The third kappa shape index (κ3) is 6.30. The number of hydrogen-bond acceptors (Lipinski definition) is 5. The van der Waals surface area contributed by atoms with Crippen molar-refractivity contribution in [2.45, 2.75) is 58.6 Å². The SMILES string of the molecule is CC1CN(Cc2cccc(CC(O)O)c2)CCN1C(=O)OC(C)(C)C. The maximum absolute atomic E-state index is 12.3. The van der Waals surface area contributed by atoms with Gasteiger partial charge in [-0.1, -0.05) is 24.3 Å². The Labute approximate surface area is 150 Å². The van der Waals surface area contributed by atoms with Crippen molar-refractivity contribution in [3.05, 3.63) is 35.4 Å². The number of carbonyl (C=O) groups excluding carboxylic acids is 1. The van der Waals surface area contributed by atoms with Crippen LogP contribution in [0.3, 0.4) is 0 Å². The highest BCUT2D eigenvalue weighted by atomic mass is 16.6. The van der Waals surface area contributed by atoms with Gasteiger partial charge in [0.2, 0.25) is 0 Å². The lowest BCUT2D eigenvalue weighted by Crippen LogP contribution is -2.54. The topological polar surface area (TPSA) is 73.2 Å². The summed E-state index contributed by atoms with van der Waals surface area (Å²) in [6.07, 6.45) is -1.34. The quantitative estimate of drug-likeness (QED) is 0.813. The Balaban J connectivity index is 1.92. The average Bonchev–Trinajstić information content (AvgIpc) is 2.45. The first-order valence-electron chi connectivity index (χ1n) is 8.80. The number of hydrogen-bond donors (Lipinski definition) is 2. The van der Waals surface area contributed by atoms with E-state index in [9.17, 15) is 4.79 Å². The van der Waals surface area contributed by atoms with Gasteiger partial charge in [-0.3, -0.25) is 4.90 Å². The summed E-state index contributed by atoms with van der Waals surface area (Å²) in [4.78, 5) is 16.4. The van der Waals surface area contributed by atoms with Crippen LogP contribution in [0.5, 0.6) is 0 Å². The Morgan fingerprint density at radius 2 is 1.96 bits per heavy atom. The maximum Gasteiger partial charge on any atom is 0.410 e. The lowest BCUT2D eigenvalue weighted by atomic mass is 10.1. The number of ether oxygens (including phenoxy) is 1. The van der Waals surface area contributed by atoms with Crippen LogP contribution in [0.15, 0.2) is 24.3 Å². The van der Waals surface area contributed by atoms with Gasteiger partial charge in [0.15, 0.2) is 6.29 Å². The molecule has 1 amide bonds. The van der Waals surface area contributed by atoms with Gasteiger partial charge in [-0.05, 0) is 38.8 Å². The van der Waals surface area contributed by atoms with E-state index >= 15 is 0 Å². The fourth-order valence-electron chi connectivity index (χ4n) is 3.09. The van der Waals surface area contributed by atoms with Gasteiger partial charge in [-0.2, -0.15) is 0 Å². The van der Waals surface area contributed by atoms with Crippen molar-refractivity contribution >= 4 is 6.09 Å². The summed E-state index contributed by atoms with van der Waals surface area (Å²) in [6, 6.07) is 7.97. The molecule has 1 fully saturated rings. The van der Waals surface area contributed by atoms with E-state index in [0.29, 0.717) is 6.54 Å². The molecule has 6 nitrogen and oxygen atoms in total. The summed E-state index contributed by atoms with van der Waals surface area (Å²) in [6.45, 7) is 10.7. The summed E-state index contributed by atoms with van der Waals surface area (Å²) >= 11 is 0. The van der Waals surface area contributed by atoms with Gasteiger partial charge in [-0.25, -0.2) is 4.79 Å². The van der Waals surface area contributed by atoms with Crippen LogP contribution in [0.4, 0.5) is 4.79 Å². The first kappa shape index (κ1) is 19.7. The second kappa shape index (κ2) is 8.17. The molecule has 1 aliphatic heterocycles. The molecule has 140 valence electrons. The molecule has 1 aromatic carbocycles. The first-order chi connectivity index (χ1) is 11.6. The third-order valence-corrected chi connectivity index (χ3v) is 4.16. The minimum Gasteiger partial charge on any atom is -0.444 e. The largest absolute Gasteiger partial charge is 0.444 e. The van der Waals surface area contributed by atoms with E-state index in [1.807, 2.05) is 52.0 Å². The average molecular weight is 350 g/mol. The molecule has 1 unspecified atom stereocenters. The third-order valence-electron chi connectivity index (χ3n) is 4.16. The smallest absolute Gasteiger partial charge is 0.410 e. The normalized spacial score (nSPS) is 19.3. The molecule has 0 aromatic heterocycles. The standard InChI is InChI=1S/C19H30N2O4/c1-14-12-20(8-9-21(14)18(24)25-19(2,3)4)13-16-7-5-6-15(10-16)11-17(22)23/h5-7,10,14,17,22-23H,8-9,11-13H2,1-4H3. The molecule has 1 saturated heterocycles. The van der Waals surface area contributed by atoms with Gasteiger partial charge in [0, 0.05) is 38.6 Å². The summed E-state index contributed by atoms with van der Waals surface area (Å²) < 4.78 is 5.47. The van der Waals surface area contributed by atoms with Crippen LogP contribution < -0.4 is 0 Å². The second-order valence-electron chi connectivity index (χ2n) is 7.76. The van der Waals surface area contributed by atoms with E-state index in [-0.39, 0.29) is 18.6 Å². The summed E-state index contributed by atoms with van der Waals surface area (Å²) in [5.41, 5.74) is 1.56. The lowest BCUT2D eigenvalue weighted by Gasteiger charge is -2.40. The molecule has 2 rings (SSSR count). The van der Waals surface area contributed by atoms with Gasteiger partial charge >= 0.3 is 6.09 Å². The Morgan fingerprint density at radius 3 is 2.56 bits per heavy atom. The number of rotatable bonds is 4. The van der Waals surface area contributed by atoms with Crippen LogP contribution in [0.2, 0.25) is 0 Å². The molecule has 2 N–H and O–H groups in total. The van der Waals surface area contributed by atoms with Gasteiger partial charge in [0.1, 0.15) is 5.60 Å². The predicted molar refractivity (Wildman–Crippen MR) is 96.1 cm³/mol. The molecule has 25 heavy (non-hydrogen) atoms. The van der Waals surface area contributed by atoms with Crippen molar-refractivity contribution in [1.82, 2.24) is 9.80 Å². The summed E-state index contributed by atoms with van der Waals surface area (Å²) in [5, 5.41) is 18.2. The van der Waals surface area contributed by atoms with E-state index in [1.165, 1.54) is 0 Å². The Bertz CT molecular complexity index is 583. The Morgan fingerprint density at radius 1 is 1.28 bits per heavy atom. The number of piperazine rings is 1. The molecule has 0 saturated carbocycles. The molecule has 0 bridgehead atoms. The molecule has 1 aromatic rings. The fourth-order valence-corrected chi connectivity index (χ4v) is 3.09. The number of amides is 1. The summed E-state index contributed by atoms with van der Waals surface area (Å²) in [5.74, 6) is 0. The van der Waals surface area contributed by atoms with E-state index in [0.717, 1.165) is 30.8 Å². The van der Waals surface area contributed by atoms with Gasteiger partial charge in [0.05, 0.1) is 0 Å². The molecule has 1 heterocycles. The zero-order valence-electron chi connectivity index (χ0n) is 15.6. The first-order valence-corrected chi connectivity index (χ1v) is 8.80. The number of benzene rings is 1. The highest BCUT2D eigenvalue weighted by molar-refractivity contribution is 5.68. The molecule has 0 radical (unpaired) electrons. The van der Waals surface area contributed by atoms with E-state index in [4.69, 9.17) is 14.9 Å². The molecule has 6 heteroatoms. The lowest BCUT2D eigenvalue weighted by molar-refractivity contribution is -0.0381. The minimum atomic E-state index is -1.33. The Hall–Kier alpha value is -1.63. The van der Waals surface area contributed by atoms with Gasteiger partial charge < -0.3 is 19.8 Å². The highest BCUT2D eigenvalue weighted by Crippen LogP contribution is 2.18. The van der Waals surface area contributed by atoms with E-state index < -0.39 is 11.9 Å². The Kier molecular flexibility index (Phi) is 6.43. The van der Waals surface area contributed by atoms with Crippen LogP contribution in [-0.4, -0.2) is 63.7 Å². The maximum atomic E-state index is 12.3. The summed E-state index contributed by atoms with van der Waals surface area (Å²) in [7, 11) is 0. The van der Waals surface area contributed by atoms with Crippen LogP contribution in [0, 0.1) is 0 Å². The van der Waals surface area contributed by atoms with Crippen molar-refractivity contribution in [3.63, 3.8) is 0 Å². The van der Waals surface area contributed by atoms with E-state index in [2.05, 4.69) is 4.90 Å². The minimum absolute atomic E-state index is 0.0889. The van der Waals surface area contributed by atoms with Crippen LogP contribution in [0.25, 0.3) is 0 Å². The molecular formula is C19H30N2O4. The van der Waals surface area contributed by atoms with Crippen molar-refractivity contribution < 1.29 is 19.7 Å². The van der Waals surface area contributed by atoms with Crippen molar-refractivity contribution in [2.24, 2.45) is 0 Å². The van der Waals surface area contributed by atoms with Crippen molar-refractivity contribution in [2.75, 3.05) is 19.6 Å². The number of carbonyl (C=O) groups is 1. The van der Waals surface area contributed by atoms with Crippen molar-refractivity contribution in [3.8, 4) is 0 Å². The molecule has 1 atom stereocenters. The highest BCUT2D eigenvalue weighted by Gasteiger charge is 2.30. The molecule has 1 aliphatic rings. The fraction of sp³-hybridized carbons (Fsp3) is 0.632. The van der Waals surface area contributed by atoms with Crippen molar-refractivity contribution in [1.29, 1.82) is 0 Å². The number of aliphatic hydroxyl groups excluding tert-OH is 1. The zero-order chi connectivity index (χ0) is 18.6. The molecular weight excluding hydrogens is 320 g/mol. The second-order valence-corrected chi connectivity index (χ2v) is 7.76. The molecule has 0 aliphatic carbocycles. The van der Waals surface area contributed by atoms with Gasteiger partial charge in [-0.15, -0.1) is 0 Å². The number of nitrogens with zero attached hydrogens (tertiary/aromatic N) is 2. The van der Waals surface area contributed by atoms with Gasteiger partial charge in [0.25, 0.3) is 0 Å². The zero-order valence-corrected chi connectivity index (χ0v) is 15.6. The monoisotopic (exact) mass is 350 g/mol. The molecule has 0 spiro atoms.